The quantitative estimate of drug-likeness (QED) is 0.693. The molecule has 0 saturated carbocycles. The number of carbonyl (C=O) groups excluding carboxylic acids is 1. The highest BCUT2D eigenvalue weighted by Crippen LogP contribution is 2.26. The molecule has 1 aromatic carbocycles. The van der Waals surface area contributed by atoms with Crippen LogP contribution >= 0.6 is 35.0 Å². The van der Waals surface area contributed by atoms with Gasteiger partial charge in [0.05, 0.1) is 5.75 Å². The normalized spacial score (nSPS) is 10.2. The number of carbonyl (C=O) groups is 1. The van der Waals surface area contributed by atoms with Crippen LogP contribution in [0.15, 0.2) is 41.6 Å². The number of benzene rings is 1. The average molecular weight is 314 g/mol. The Hall–Kier alpha value is -1.30. The number of anilines is 1. The molecule has 0 unspecified atom stereocenters. The van der Waals surface area contributed by atoms with Gasteiger partial charge in [-0.05, 0) is 12.1 Å². The molecule has 0 radical (unpaired) electrons. The van der Waals surface area contributed by atoms with Crippen LogP contribution in [-0.4, -0.2) is 21.6 Å². The van der Waals surface area contributed by atoms with E-state index < -0.39 is 0 Å². The minimum Gasteiger partial charge on any atom is -0.320 e. The molecule has 1 aromatic heterocycles. The topological polar surface area (TPSA) is 54.9 Å². The molecule has 0 atom stereocenters. The zero-order valence-corrected chi connectivity index (χ0v) is 12.0. The van der Waals surface area contributed by atoms with E-state index in [1.807, 2.05) is 30.3 Å². The predicted octanol–water partition coefficient (Wildman–Crippen LogP) is 3.51. The first kappa shape index (κ1) is 14.1. The van der Waals surface area contributed by atoms with Crippen molar-refractivity contribution in [1.29, 1.82) is 0 Å². The van der Waals surface area contributed by atoms with E-state index in [0.29, 0.717) is 0 Å². The van der Waals surface area contributed by atoms with E-state index in [2.05, 4.69) is 15.3 Å². The third kappa shape index (κ3) is 4.09. The summed E-state index contributed by atoms with van der Waals surface area (Å²) in [7, 11) is 0. The van der Waals surface area contributed by atoms with E-state index in [-0.39, 0.29) is 27.7 Å². The third-order valence-corrected chi connectivity index (χ3v) is 3.72. The summed E-state index contributed by atoms with van der Waals surface area (Å²) >= 11 is 13.1. The third-order valence-electron chi connectivity index (χ3n) is 2.13. The zero-order chi connectivity index (χ0) is 13.7. The van der Waals surface area contributed by atoms with E-state index in [1.54, 1.807) is 0 Å². The maximum atomic E-state index is 11.8. The minimum atomic E-state index is -0.215. The molecule has 2 aromatic rings. The summed E-state index contributed by atoms with van der Waals surface area (Å²) in [5.74, 6) is 0.0402. The lowest BCUT2D eigenvalue weighted by Gasteiger charge is -2.07. The number of nitrogens with zero attached hydrogens (tertiary/aromatic N) is 2. The van der Waals surface area contributed by atoms with Gasteiger partial charge in [0.1, 0.15) is 12.0 Å². The van der Waals surface area contributed by atoms with Gasteiger partial charge in [-0.1, -0.05) is 41.4 Å². The van der Waals surface area contributed by atoms with Crippen molar-refractivity contribution in [3.8, 4) is 0 Å². The molecule has 2 rings (SSSR count). The molecule has 19 heavy (non-hydrogen) atoms. The largest absolute Gasteiger partial charge is 0.320 e. The van der Waals surface area contributed by atoms with Crippen molar-refractivity contribution in [3.63, 3.8) is 0 Å². The summed E-state index contributed by atoms with van der Waals surface area (Å²) in [6.45, 7) is 0. The molecule has 98 valence electrons. The van der Waals surface area contributed by atoms with Crippen molar-refractivity contribution in [3.05, 3.63) is 47.0 Å². The number of rotatable bonds is 4. The fraction of sp³-hybridized carbons (Fsp3) is 0.0833. The molecule has 1 heterocycles. The second-order valence-electron chi connectivity index (χ2n) is 3.48. The summed E-state index contributed by atoms with van der Waals surface area (Å²) in [4.78, 5) is 20.3. The predicted molar refractivity (Wildman–Crippen MR) is 77.8 cm³/mol. The van der Waals surface area contributed by atoms with Crippen LogP contribution in [0.25, 0.3) is 0 Å². The lowest BCUT2D eigenvalue weighted by molar-refractivity contribution is -0.113. The van der Waals surface area contributed by atoms with Crippen LogP contribution < -0.4 is 5.32 Å². The van der Waals surface area contributed by atoms with Gasteiger partial charge in [0.25, 0.3) is 0 Å². The van der Waals surface area contributed by atoms with E-state index in [4.69, 9.17) is 23.2 Å². The van der Waals surface area contributed by atoms with Gasteiger partial charge in [0.15, 0.2) is 10.3 Å². The lowest BCUT2D eigenvalue weighted by Crippen LogP contribution is -2.15. The van der Waals surface area contributed by atoms with Crippen LogP contribution in [0.2, 0.25) is 10.3 Å². The molecule has 0 aliphatic heterocycles. The van der Waals surface area contributed by atoms with E-state index in [0.717, 1.165) is 4.90 Å². The first-order valence-electron chi connectivity index (χ1n) is 5.30. The molecule has 0 saturated heterocycles. The minimum absolute atomic E-state index is 0.123. The highest BCUT2D eigenvalue weighted by molar-refractivity contribution is 8.00. The van der Waals surface area contributed by atoms with Crippen molar-refractivity contribution in [2.45, 2.75) is 4.90 Å². The molecule has 4 nitrogen and oxygen atoms in total. The van der Waals surface area contributed by atoms with Crippen LogP contribution in [0.1, 0.15) is 0 Å². The van der Waals surface area contributed by atoms with Crippen molar-refractivity contribution in [2.24, 2.45) is 0 Å². The Balaban J connectivity index is 1.95. The van der Waals surface area contributed by atoms with Gasteiger partial charge in [-0.3, -0.25) is 4.79 Å². The second kappa shape index (κ2) is 6.75. The first-order valence-corrected chi connectivity index (χ1v) is 7.04. The molecule has 7 heteroatoms. The average Bonchev–Trinajstić information content (AvgIpc) is 2.42. The van der Waals surface area contributed by atoms with Crippen LogP contribution in [0, 0.1) is 0 Å². The Morgan fingerprint density at radius 2 is 1.79 bits per heavy atom. The summed E-state index contributed by atoms with van der Waals surface area (Å²) in [5.41, 5.74) is 0.240. The molecule has 0 bridgehead atoms. The summed E-state index contributed by atoms with van der Waals surface area (Å²) in [6, 6.07) is 9.62. The van der Waals surface area contributed by atoms with Gasteiger partial charge in [-0.15, -0.1) is 11.8 Å². The first-order chi connectivity index (χ1) is 9.16. The van der Waals surface area contributed by atoms with Crippen molar-refractivity contribution in [1.82, 2.24) is 9.97 Å². The zero-order valence-electron chi connectivity index (χ0n) is 9.64. The van der Waals surface area contributed by atoms with Gasteiger partial charge in [-0.2, -0.15) is 0 Å². The van der Waals surface area contributed by atoms with Gasteiger partial charge < -0.3 is 5.32 Å². The number of halogens is 2. The van der Waals surface area contributed by atoms with Gasteiger partial charge in [0.2, 0.25) is 5.91 Å². The monoisotopic (exact) mass is 313 g/mol. The Morgan fingerprint density at radius 1 is 1.16 bits per heavy atom. The highest BCUT2D eigenvalue weighted by Gasteiger charge is 2.11. The summed E-state index contributed by atoms with van der Waals surface area (Å²) in [5, 5.41) is 2.85. The maximum absolute atomic E-state index is 11.8. The molecular weight excluding hydrogens is 305 g/mol. The van der Waals surface area contributed by atoms with Gasteiger partial charge >= 0.3 is 0 Å². The molecule has 1 amide bonds. The van der Waals surface area contributed by atoms with Crippen LogP contribution in [0.5, 0.6) is 0 Å². The summed E-state index contributed by atoms with van der Waals surface area (Å²) < 4.78 is 0. The Morgan fingerprint density at radius 3 is 2.42 bits per heavy atom. The molecule has 1 N–H and O–H groups in total. The second-order valence-corrected chi connectivity index (χ2v) is 5.24. The molecular formula is C12H9Cl2N3OS. The number of hydrogen-bond donors (Lipinski definition) is 1. The van der Waals surface area contributed by atoms with Gasteiger partial charge in [0, 0.05) is 4.90 Å². The Labute approximate surface area is 124 Å². The van der Waals surface area contributed by atoms with Crippen molar-refractivity contribution >= 4 is 46.6 Å². The molecule has 0 aliphatic rings. The fourth-order valence-electron chi connectivity index (χ4n) is 1.29. The van der Waals surface area contributed by atoms with Crippen LogP contribution in [-0.2, 0) is 4.79 Å². The molecule has 0 spiro atoms. The number of hydrogen-bond acceptors (Lipinski definition) is 4. The van der Waals surface area contributed by atoms with Gasteiger partial charge in [-0.25, -0.2) is 9.97 Å². The van der Waals surface area contributed by atoms with Crippen molar-refractivity contribution < 1.29 is 4.79 Å². The SMILES string of the molecule is O=C(CSc1ccccc1)Nc1c(Cl)ncnc1Cl. The highest BCUT2D eigenvalue weighted by atomic mass is 35.5. The number of aromatic nitrogens is 2. The van der Waals surface area contributed by atoms with E-state index >= 15 is 0 Å². The molecule has 0 fully saturated rings. The Bertz CT molecular complexity index is 560. The lowest BCUT2D eigenvalue weighted by atomic mass is 10.4. The maximum Gasteiger partial charge on any atom is 0.234 e. The van der Waals surface area contributed by atoms with Crippen molar-refractivity contribution in [2.75, 3.05) is 11.1 Å². The number of amides is 1. The number of thioether (sulfide) groups is 1. The van der Waals surface area contributed by atoms with E-state index in [1.165, 1.54) is 18.1 Å². The standard InChI is InChI=1S/C12H9Cl2N3OS/c13-11-10(12(14)16-7-15-11)17-9(18)6-19-8-4-2-1-3-5-8/h1-5,7H,6H2,(H,17,18). The summed E-state index contributed by atoms with van der Waals surface area (Å²) in [6.07, 6.45) is 1.24. The Kier molecular flexibility index (Phi) is 5.01. The number of nitrogens with one attached hydrogen (secondary N) is 1. The van der Waals surface area contributed by atoms with E-state index in [9.17, 15) is 4.79 Å². The fourth-order valence-corrected chi connectivity index (χ4v) is 2.42. The smallest absolute Gasteiger partial charge is 0.234 e. The molecule has 0 aliphatic carbocycles. The van der Waals surface area contributed by atoms with Crippen LogP contribution in [0.4, 0.5) is 5.69 Å². The van der Waals surface area contributed by atoms with Crippen LogP contribution in [0.3, 0.4) is 0 Å².